The first-order valence-electron chi connectivity index (χ1n) is 19.1. The third-order valence-electron chi connectivity index (χ3n) is 12.4. The van der Waals surface area contributed by atoms with E-state index in [1.165, 1.54) is 10.2 Å². The number of hydrogen-bond acceptors (Lipinski definition) is 9. The summed E-state index contributed by atoms with van der Waals surface area (Å²) < 4.78 is 3.66. The molecule has 0 bridgehead atoms. The predicted molar refractivity (Wildman–Crippen MR) is 211 cm³/mol. The quantitative estimate of drug-likeness (QED) is 0.273. The maximum absolute atomic E-state index is 13.7. The molecule has 4 aliphatic heterocycles. The van der Waals surface area contributed by atoms with E-state index in [4.69, 9.17) is 5.10 Å². The van der Waals surface area contributed by atoms with Gasteiger partial charge in [0.1, 0.15) is 4.47 Å². The van der Waals surface area contributed by atoms with E-state index in [0.717, 1.165) is 99.2 Å². The molecule has 4 fully saturated rings. The lowest BCUT2D eigenvalue weighted by atomic mass is 9.71. The number of carbonyl (C=O) groups is 3. The number of fused-ring (bicyclic) bond motifs is 1. The summed E-state index contributed by atoms with van der Waals surface area (Å²) in [5.41, 5.74) is 5.63. The molecule has 1 unspecified atom stereocenters. The number of amides is 3. The summed E-state index contributed by atoms with van der Waals surface area (Å²) >= 11 is 3.44. The summed E-state index contributed by atoms with van der Waals surface area (Å²) in [6.07, 6.45) is 7.63. The number of likely N-dealkylation sites (tertiary alicyclic amines) is 2. The van der Waals surface area contributed by atoms with Gasteiger partial charge in [-0.25, -0.2) is 4.68 Å². The second kappa shape index (κ2) is 14.6. The van der Waals surface area contributed by atoms with Crippen molar-refractivity contribution in [2.45, 2.75) is 62.8 Å². The first kappa shape index (κ1) is 36.4. The van der Waals surface area contributed by atoms with Crippen LogP contribution in [0, 0.1) is 5.41 Å². The number of aromatic nitrogens is 4. The van der Waals surface area contributed by atoms with Crippen LogP contribution in [0.2, 0.25) is 0 Å². The average molecular weight is 799 g/mol. The van der Waals surface area contributed by atoms with Crippen LogP contribution in [0.1, 0.15) is 78.4 Å². The molecule has 2 N–H and O–H groups in total. The third kappa shape index (κ3) is 7.05. The van der Waals surface area contributed by atoms with E-state index in [2.05, 4.69) is 78.8 Å². The first-order valence-corrected chi connectivity index (χ1v) is 19.9. The molecule has 14 heteroatoms. The SMILES string of the molecule is CN1C[C@H](Nc2cnn(C)c(=O)c2Br)C[C@H](c2ccc(C(=O)N3CCC4(CC3)CCN(c3ccc5c(C6CCC(=O)NC6=O)nn(C)c5c3)CC4)cc2)C1. The minimum Gasteiger partial charge on any atom is -0.379 e. The fourth-order valence-corrected chi connectivity index (χ4v) is 9.66. The second-order valence-electron chi connectivity index (χ2n) is 15.9. The molecule has 8 rings (SSSR count). The number of hydrogen-bond donors (Lipinski definition) is 2. The maximum Gasteiger partial charge on any atom is 0.282 e. The lowest BCUT2D eigenvalue weighted by molar-refractivity contribution is -0.134. The van der Waals surface area contributed by atoms with E-state index in [1.807, 2.05) is 28.8 Å². The number of halogens is 1. The summed E-state index contributed by atoms with van der Waals surface area (Å²) in [4.78, 5) is 57.1. The van der Waals surface area contributed by atoms with Crippen LogP contribution in [0.4, 0.5) is 11.4 Å². The van der Waals surface area contributed by atoms with Crippen LogP contribution < -0.4 is 21.1 Å². The van der Waals surface area contributed by atoms with Gasteiger partial charge < -0.3 is 20.0 Å². The summed E-state index contributed by atoms with van der Waals surface area (Å²) in [6, 6.07) is 14.8. The highest BCUT2D eigenvalue weighted by Crippen LogP contribution is 2.43. The Morgan fingerprint density at radius 1 is 0.926 bits per heavy atom. The standard InChI is InChI=1S/C40H48BrN9O4/c1-46-23-27(20-28(24-46)43-32-22-42-48(3)39(54)35(32)41)25-4-6-26(7-5-25)38(53)50-18-14-40(15-19-50)12-16-49(17-13-40)29-8-9-30-33(21-29)47(2)45-36(30)31-10-11-34(51)44-37(31)52/h4-9,21-22,27-28,31,43H,10-20,23-24H2,1-3H3,(H,44,51,52)/t27-,28+,31?/m0/s1. The predicted octanol–water partition coefficient (Wildman–Crippen LogP) is 4.37. The molecule has 2 aromatic heterocycles. The largest absolute Gasteiger partial charge is 0.379 e. The van der Waals surface area contributed by atoms with Crippen molar-refractivity contribution in [3.63, 3.8) is 0 Å². The second-order valence-corrected chi connectivity index (χ2v) is 16.7. The van der Waals surface area contributed by atoms with E-state index in [1.54, 1.807) is 13.2 Å². The van der Waals surface area contributed by atoms with Crippen molar-refractivity contribution in [1.82, 2.24) is 34.7 Å². The van der Waals surface area contributed by atoms with Gasteiger partial charge in [0.05, 0.1) is 29.0 Å². The molecule has 2 aromatic carbocycles. The highest BCUT2D eigenvalue weighted by Gasteiger charge is 2.39. The lowest BCUT2D eigenvalue weighted by Crippen LogP contribution is -2.48. The maximum atomic E-state index is 13.7. The Balaban J connectivity index is 0.851. The summed E-state index contributed by atoms with van der Waals surface area (Å²) in [7, 11) is 5.67. The minimum absolute atomic E-state index is 0.110. The van der Waals surface area contributed by atoms with E-state index in [-0.39, 0.29) is 34.7 Å². The highest BCUT2D eigenvalue weighted by atomic mass is 79.9. The van der Waals surface area contributed by atoms with Crippen LogP contribution >= 0.6 is 15.9 Å². The van der Waals surface area contributed by atoms with Crippen LogP contribution in [0.15, 0.2) is 57.9 Å². The number of aryl methyl sites for hydroxylation is 2. The molecular weight excluding hydrogens is 750 g/mol. The van der Waals surface area contributed by atoms with Crippen LogP contribution in [0.5, 0.6) is 0 Å². The van der Waals surface area contributed by atoms with Crippen LogP contribution in [0.25, 0.3) is 10.9 Å². The molecule has 1 spiro atoms. The fourth-order valence-electron chi connectivity index (χ4n) is 9.18. The van der Waals surface area contributed by atoms with Gasteiger partial charge >= 0.3 is 0 Å². The molecule has 284 valence electrons. The van der Waals surface area contributed by atoms with Gasteiger partial charge in [0, 0.05) is 82.5 Å². The summed E-state index contributed by atoms with van der Waals surface area (Å²) in [5, 5.41) is 15.8. The van der Waals surface area contributed by atoms with E-state index < -0.39 is 5.92 Å². The molecule has 54 heavy (non-hydrogen) atoms. The fraction of sp³-hybridized carbons (Fsp3) is 0.500. The van der Waals surface area contributed by atoms with Gasteiger partial charge in [-0.1, -0.05) is 12.1 Å². The van der Waals surface area contributed by atoms with Crippen molar-refractivity contribution in [1.29, 1.82) is 0 Å². The number of nitrogens with one attached hydrogen (secondary N) is 2. The number of imide groups is 1. The Hall–Kier alpha value is -4.56. The Bertz CT molecular complexity index is 2150. The van der Waals surface area contributed by atoms with Crippen molar-refractivity contribution >= 4 is 55.9 Å². The zero-order valence-electron chi connectivity index (χ0n) is 31.2. The number of piperidine rings is 4. The molecule has 4 aliphatic rings. The molecule has 13 nitrogen and oxygen atoms in total. The number of likely N-dealkylation sites (N-methyl/N-ethyl adjacent to an activating group) is 1. The topological polar surface area (TPSA) is 138 Å². The van der Waals surface area contributed by atoms with Crippen molar-refractivity contribution in [3.05, 3.63) is 80.3 Å². The van der Waals surface area contributed by atoms with Gasteiger partial charge in [0.25, 0.3) is 11.5 Å². The van der Waals surface area contributed by atoms with Crippen molar-refractivity contribution in [2.75, 3.05) is 56.5 Å². The van der Waals surface area contributed by atoms with Gasteiger partial charge in [-0.15, -0.1) is 0 Å². The Kier molecular flexibility index (Phi) is 9.84. The zero-order valence-corrected chi connectivity index (χ0v) is 32.8. The highest BCUT2D eigenvalue weighted by molar-refractivity contribution is 9.10. The Labute approximate surface area is 323 Å². The van der Waals surface area contributed by atoms with Gasteiger partial charge in [-0.3, -0.25) is 29.2 Å². The van der Waals surface area contributed by atoms with Crippen molar-refractivity contribution in [3.8, 4) is 0 Å². The van der Waals surface area contributed by atoms with Gasteiger partial charge in [-0.2, -0.15) is 10.2 Å². The number of carbonyl (C=O) groups excluding carboxylic acids is 3. The number of rotatable bonds is 6. The zero-order chi connectivity index (χ0) is 37.7. The summed E-state index contributed by atoms with van der Waals surface area (Å²) in [6.45, 7) is 5.26. The molecule has 0 radical (unpaired) electrons. The lowest BCUT2D eigenvalue weighted by Gasteiger charge is -2.47. The minimum atomic E-state index is -0.411. The molecule has 3 amide bonds. The van der Waals surface area contributed by atoms with E-state index >= 15 is 0 Å². The normalized spacial score (nSPS) is 23.5. The van der Waals surface area contributed by atoms with Gasteiger partial charge in [-0.05, 0) is 109 Å². The molecule has 0 saturated carbocycles. The molecule has 6 heterocycles. The molecule has 4 saturated heterocycles. The molecule has 3 atom stereocenters. The third-order valence-corrected chi connectivity index (χ3v) is 13.2. The molecule has 0 aliphatic carbocycles. The van der Waals surface area contributed by atoms with Crippen molar-refractivity contribution in [2.24, 2.45) is 19.5 Å². The van der Waals surface area contributed by atoms with Crippen LogP contribution in [0.3, 0.4) is 0 Å². The van der Waals surface area contributed by atoms with Gasteiger partial charge in [0.15, 0.2) is 0 Å². The average Bonchev–Trinajstić information content (AvgIpc) is 3.50. The molecule has 4 aromatic rings. The Morgan fingerprint density at radius 2 is 1.65 bits per heavy atom. The van der Waals surface area contributed by atoms with Crippen LogP contribution in [-0.2, 0) is 23.7 Å². The smallest absolute Gasteiger partial charge is 0.282 e. The van der Waals surface area contributed by atoms with Gasteiger partial charge in [0.2, 0.25) is 11.8 Å². The monoisotopic (exact) mass is 797 g/mol. The number of nitrogens with zero attached hydrogens (tertiary/aromatic N) is 7. The first-order chi connectivity index (χ1) is 26.0. The van der Waals surface area contributed by atoms with E-state index in [0.29, 0.717) is 28.9 Å². The number of anilines is 2. The number of benzene rings is 2. The van der Waals surface area contributed by atoms with Crippen molar-refractivity contribution < 1.29 is 14.4 Å². The Morgan fingerprint density at radius 3 is 2.37 bits per heavy atom. The molecular formula is C40H48BrN9O4. The summed E-state index contributed by atoms with van der Waals surface area (Å²) in [5.74, 6) is -0.486. The van der Waals surface area contributed by atoms with E-state index in [9.17, 15) is 19.2 Å². The van der Waals surface area contributed by atoms with Crippen LogP contribution in [-0.4, -0.2) is 99.4 Å².